The Labute approximate surface area is 129 Å². The number of amides is 1. The Morgan fingerprint density at radius 2 is 2.00 bits per heavy atom. The highest BCUT2D eigenvalue weighted by Crippen LogP contribution is 2.25. The zero-order valence-corrected chi connectivity index (χ0v) is 14.0. The van der Waals surface area contributed by atoms with Gasteiger partial charge in [-0.2, -0.15) is 0 Å². The highest BCUT2D eigenvalue weighted by Gasteiger charge is 2.30. The van der Waals surface area contributed by atoms with Crippen molar-refractivity contribution in [3.05, 3.63) is 28.7 Å². The number of nitrogens with two attached hydrogens (primary N) is 1. The lowest BCUT2D eigenvalue weighted by atomic mass is 9.88. The lowest BCUT2D eigenvalue weighted by Crippen LogP contribution is -2.57. The molecule has 0 heterocycles. The van der Waals surface area contributed by atoms with Gasteiger partial charge in [0.2, 0.25) is 0 Å². The standard InChI is InChI=1S/C15H23BrN2O2/c1-10(2)15(4,9-17)18-14(19)11(3)20-13-8-6-5-7-12(13)16/h5-8,10-11H,9,17H2,1-4H3,(H,18,19). The van der Waals surface area contributed by atoms with Crippen molar-refractivity contribution in [1.29, 1.82) is 0 Å². The van der Waals surface area contributed by atoms with Gasteiger partial charge < -0.3 is 15.8 Å². The summed E-state index contributed by atoms with van der Waals surface area (Å²) in [5.74, 6) is 0.726. The fourth-order valence-electron chi connectivity index (χ4n) is 1.60. The number of nitrogens with one attached hydrogen (secondary N) is 1. The fourth-order valence-corrected chi connectivity index (χ4v) is 1.98. The molecule has 0 spiro atoms. The van der Waals surface area contributed by atoms with Gasteiger partial charge in [-0.3, -0.25) is 4.79 Å². The first-order valence-corrected chi connectivity index (χ1v) is 7.52. The van der Waals surface area contributed by atoms with E-state index in [4.69, 9.17) is 10.5 Å². The van der Waals surface area contributed by atoms with E-state index in [0.717, 1.165) is 4.47 Å². The van der Waals surface area contributed by atoms with Gasteiger partial charge >= 0.3 is 0 Å². The Kier molecular flexibility index (Phi) is 6.02. The Bertz CT molecular complexity index is 465. The first kappa shape index (κ1) is 17.0. The molecular weight excluding hydrogens is 320 g/mol. The second kappa shape index (κ2) is 7.09. The summed E-state index contributed by atoms with van der Waals surface area (Å²) in [4.78, 5) is 12.2. The van der Waals surface area contributed by atoms with Gasteiger partial charge in [0.05, 0.1) is 10.0 Å². The quantitative estimate of drug-likeness (QED) is 0.835. The molecule has 1 rings (SSSR count). The highest BCUT2D eigenvalue weighted by atomic mass is 79.9. The summed E-state index contributed by atoms with van der Waals surface area (Å²) in [5, 5.41) is 2.98. The molecule has 2 atom stereocenters. The molecule has 3 N–H and O–H groups in total. The van der Waals surface area contributed by atoms with E-state index in [-0.39, 0.29) is 11.8 Å². The van der Waals surface area contributed by atoms with E-state index >= 15 is 0 Å². The van der Waals surface area contributed by atoms with Crippen molar-refractivity contribution in [2.24, 2.45) is 11.7 Å². The maximum absolute atomic E-state index is 12.2. The molecule has 112 valence electrons. The largest absolute Gasteiger partial charge is 0.480 e. The molecule has 0 aliphatic rings. The predicted octanol–water partition coefficient (Wildman–Crippen LogP) is 2.71. The fraction of sp³-hybridized carbons (Fsp3) is 0.533. The molecule has 0 aliphatic heterocycles. The summed E-state index contributed by atoms with van der Waals surface area (Å²) in [6.45, 7) is 8.13. The summed E-state index contributed by atoms with van der Waals surface area (Å²) >= 11 is 3.40. The lowest BCUT2D eigenvalue weighted by Gasteiger charge is -2.34. The van der Waals surface area contributed by atoms with Crippen molar-refractivity contribution in [3.8, 4) is 5.75 Å². The lowest BCUT2D eigenvalue weighted by molar-refractivity contribution is -0.129. The minimum atomic E-state index is -0.585. The third-order valence-electron chi connectivity index (χ3n) is 3.62. The number of rotatable bonds is 6. The normalized spacial score (nSPS) is 15.6. The number of benzene rings is 1. The predicted molar refractivity (Wildman–Crippen MR) is 84.7 cm³/mol. The van der Waals surface area contributed by atoms with Crippen LogP contribution in [0.25, 0.3) is 0 Å². The zero-order chi connectivity index (χ0) is 15.3. The van der Waals surface area contributed by atoms with Gasteiger partial charge in [0.1, 0.15) is 5.75 Å². The number of halogens is 1. The number of carbonyl (C=O) groups excluding carboxylic acids is 1. The Balaban J connectivity index is 2.71. The molecule has 20 heavy (non-hydrogen) atoms. The van der Waals surface area contributed by atoms with Crippen LogP contribution < -0.4 is 15.8 Å². The van der Waals surface area contributed by atoms with Crippen LogP contribution in [0.15, 0.2) is 28.7 Å². The molecule has 5 heteroatoms. The molecule has 0 aliphatic carbocycles. The molecule has 0 aromatic heterocycles. The summed E-state index contributed by atoms with van der Waals surface area (Å²) in [5.41, 5.74) is 5.34. The topological polar surface area (TPSA) is 64.3 Å². The smallest absolute Gasteiger partial charge is 0.261 e. The molecule has 0 saturated heterocycles. The SMILES string of the molecule is CC(Oc1ccccc1Br)C(=O)NC(C)(CN)C(C)C. The molecule has 1 amide bonds. The summed E-state index contributed by atoms with van der Waals surface area (Å²) in [6.07, 6.45) is -0.585. The highest BCUT2D eigenvalue weighted by molar-refractivity contribution is 9.10. The minimum Gasteiger partial charge on any atom is -0.480 e. The van der Waals surface area contributed by atoms with Crippen LogP contribution in [0.2, 0.25) is 0 Å². The molecule has 2 unspecified atom stereocenters. The Morgan fingerprint density at radius 1 is 1.40 bits per heavy atom. The molecule has 0 bridgehead atoms. The summed E-state index contributed by atoms with van der Waals surface area (Å²) in [6, 6.07) is 7.45. The van der Waals surface area contributed by atoms with E-state index in [9.17, 15) is 4.79 Å². The van der Waals surface area contributed by atoms with Crippen LogP contribution in [0.3, 0.4) is 0 Å². The van der Waals surface area contributed by atoms with E-state index in [1.165, 1.54) is 0 Å². The second-order valence-corrected chi connectivity index (χ2v) is 6.31. The van der Waals surface area contributed by atoms with Crippen molar-refractivity contribution >= 4 is 21.8 Å². The number of hydrogen-bond acceptors (Lipinski definition) is 3. The Hall–Kier alpha value is -1.07. The van der Waals surface area contributed by atoms with Gasteiger partial charge in [-0.15, -0.1) is 0 Å². The molecule has 1 aromatic carbocycles. The summed E-state index contributed by atoms with van der Waals surface area (Å²) < 4.78 is 6.50. The van der Waals surface area contributed by atoms with Crippen molar-refractivity contribution in [3.63, 3.8) is 0 Å². The molecule has 0 radical (unpaired) electrons. The molecule has 4 nitrogen and oxygen atoms in total. The first-order valence-electron chi connectivity index (χ1n) is 6.73. The van der Waals surface area contributed by atoms with Crippen LogP contribution in [0.5, 0.6) is 5.75 Å². The third-order valence-corrected chi connectivity index (χ3v) is 4.27. The molecular formula is C15H23BrN2O2. The van der Waals surface area contributed by atoms with E-state index in [2.05, 4.69) is 21.2 Å². The van der Waals surface area contributed by atoms with Gasteiger partial charge in [-0.1, -0.05) is 26.0 Å². The van der Waals surface area contributed by atoms with E-state index in [1.54, 1.807) is 6.92 Å². The van der Waals surface area contributed by atoms with Gasteiger partial charge in [0.15, 0.2) is 6.10 Å². The van der Waals surface area contributed by atoms with Crippen LogP contribution in [0.1, 0.15) is 27.7 Å². The van der Waals surface area contributed by atoms with Gasteiger partial charge in [-0.05, 0) is 47.8 Å². The number of para-hydroxylation sites is 1. The Morgan fingerprint density at radius 3 is 2.50 bits per heavy atom. The van der Waals surface area contributed by atoms with E-state index in [0.29, 0.717) is 12.3 Å². The van der Waals surface area contributed by atoms with Crippen LogP contribution >= 0.6 is 15.9 Å². The van der Waals surface area contributed by atoms with Crippen LogP contribution in [0.4, 0.5) is 0 Å². The first-order chi connectivity index (χ1) is 9.30. The summed E-state index contributed by atoms with van der Waals surface area (Å²) in [7, 11) is 0. The van der Waals surface area contributed by atoms with Crippen molar-refractivity contribution in [1.82, 2.24) is 5.32 Å². The van der Waals surface area contributed by atoms with Gasteiger partial charge in [-0.25, -0.2) is 0 Å². The maximum Gasteiger partial charge on any atom is 0.261 e. The van der Waals surface area contributed by atoms with Gasteiger partial charge in [0, 0.05) is 6.54 Å². The average molecular weight is 343 g/mol. The van der Waals surface area contributed by atoms with E-state index < -0.39 is 11.6 Å². The van der Waals surface area contributed by atoms with Crippen molar-refractivity contribution in [2.45, 2.75) is 39.3 Å². The van der Waals surface area contributed by atoms with Gasteiger partial charge in [0.25, 0.3) is 5.91 Å². The van der Waals surface area contributed by atoms with Crippen LogP contribution in [-0.2, 0) is 4.79 Å². The van der Waals surface area contributed by atoms with Crippen LogP contribution in [0, 0.1) is 5.92 Å². The molecule has 0 saturated carbocycles. The monoisotopic (exact) mass is 342 g/mol. The van der Waals surface area contributed by atoms with E-state index in [1.807, 2.05) is 45.0 Å². The van der Waals surface area contributed by atoms with Crippen LogP contribution in [-0.4, -0.2) is 24.1 Å². The average Bonchev–Trinajstić information content (AvgIpc) is 2.40. The zero-order valence-electron chi connectivity index (χ0n) is 12.4. The number of hydrogen-bond donors (Lipinski definition) is 2. The second-order valence-electron chi connectivity index (χ2n) is 5.46. The minimum absolute atomic E-state index is 0.164. The van der Waals surface area contributed by atoms with Crippen molar-refractivity contribution < 1.29 is 9.53 Å². The molecule has 0 fully saturated rings. The number of ether oxygens (including phenoxy) is 1. The number of carbonyl (C=O) groups is 1. The maximum atomic E-state index is 12.2. The third kappa shape index (κ3) is 4.21. The molecule has 1 aromatic rings. The van der Waals surface area contributed by atoms with Crippen molar-refractivity contribution in [2.75, 3.05) is 6.54 Å².